The number of hydrogen-bond donors (Lipinski definition) is 1. The van der Waals surface area contributed by atoms with E-state index in [1.54, 1.807) is 4.90 Å². The van der Waals surface area contributed by atoms with Crippen LogP contribution in [0.3, 0.4) is 0 Å². The number of carbonyl (C=O) groups is 2. The second-order valence-electron chi connectivity index (χ2n) is 4.34. The number of nitrogens with two attached hydrogens (primary N) is 1. The third-order valence-corrected chi connectivity index (χ3v) is 3.02. The second kappa shape index (κ2) is 5.00. The maximum Gasteiger partial charge on any atom is 0.272 e. The fraction of sp³-hybridized carbons (Fsp3) is 0.308. The van der Waals surface area contributed by atoms with Crippen LogP contribution >= 0.6 is 0 Å². The summed E-state index contributed by atoms with van der Waals surface area (Å²) in [6, 6.07) is 3.05. The summed E-state index contributed by atoms with van der Waals surface area (Å²) >= 11 is 0. The van der Waals surface area contributed by atoms with E-state index in [9.17, 15) is 9.59 Å². The maximum absolute atomic E-state index is 12.1. The van der Waals surface area contributed by atoms with Crippen molar-refractivity contribution in [2.45, 2.75) is 12.8 Å². The summed E-state index contributed by atoms with van der Waals surface area (Å²) in [6.45, 7) is 5.26. The Bertz CT molecular complexity index is 483. The summed E-state index contributed by atoms with van der Waals surface area (Å²) < 4.78 is 0. The molecule has 1 fully saturated rings. The van der Waals surface area contributed by atoms with Gasteiger partial charge < -0.3 is 10.6 Å². The zero-order valence-electron chi connectivity index (χ0n) is 10.1. The number of hydrogen-bond acceptors (Lipinski definition) is 3. The van der Waals surface area contributed by atoms with Gasteiger partial charge in [-0.2, -0.15) is 0 Å². The topological polar surface area (TPSA) is 76.3 Å². The number of nitrogens with zero attached hydrogens (tertiary/aromatic N) is 2. The smallest absolute Gasteiger partial charge is 0.272 e. The summed E-state index contributed by atoms with van der Waals surface area (Å²) in [4.78, 5) is 28.7. The van der Waals surface area contributed by atoms with E-state index < -0.39 is 5.91 Å². The lowest BCUT2D eigenvalue weighted by atomic mass is 10.1. The maximum atomic E-state index is 12.1. The third kappa shape index (κ3) is 2.56. The van der Waals surface area contributed by atoms with Crippen LogP contribution in [0.25, 0.3) is 0 Å². The van der Waals surface area contributed by atoms with Crippen molar-refractivity contribution in [1.82, 2.24) is 9.88 Å². The lowest BCUT2D eigenvalue weighted by Gasteiger charge is -2.27. The van der Waals surface area contributed by atoms with E-state index in [0.29, 0.717) is 24.3 Å². The highest BCUT2D eigenvalue weighted by molar-refractivity contribution is 5.95. The van der Waals surface area contributed by atoms with E-state index in [1.165, 1.54) is 23.9 Å². The number of likely N-dealkylation sites (tertiary alicyclic amines) is 1. The summed E-state index contributed by atoms with van der Waals surface area (Å²) in [6.07, 6.45) is 3.01. The predicted octanol–water partition coefficient (Wildman–Crippen LogP) is 0.973. The van der Waals surface area contributed by atoms with Crippen molar-refractivity contribution in [3.05, 3.63) is 41.7 Å². The van der Waals surface area contributed by atoms with Crippen molar-refractivity contribution in [3.63, 3.8) is 0 Å². The Balaban J connectivity index is 2.09. The molecular formula is C13H15N3O2. The van der Waals surface area contributed by atoms with Gasteiger partial charge in [-0.15, -0.1) is 0 Å². The number of pyridine rings is 1. The first kappa shape index (κ1) is 12.3. The van der Waals surface area contributed by atoms with E-state index in [0.717, 1.165) is 12.8 Å². The Morgan fingerprint density at radius 3 is 2.44 bits per heavy atom. The zero-order valence-corrected chi connectivity index (χ0v) is 10.1. The summed E-state index contributed by atoms with van der Waals surface area (Å²) in [5.41, 5.74) is 6.94. The number of amides is 2. The van der Waals surface area contributed by atoms with Gasteiger partial charge in [0.25, 0.3) is 5.91 Å². The van der Waals surface area contributed by atoms with Crippen LogP contribution in [0, 0.1) is 0 Å². The van der Waals surface area contributed by atoms with Crippen LogP contribution in [-0.4, -0.2) is 34.8 Å². The lowest BCUT2D eigenvalue weighted by Crippen LogP contribution is -2.36. The number of carbonyl (C=O) groups excluding carboxylic acids is 2. The monoisotopic (exact) mass is 245 g/mol. The van der Waals surface area contributed by atoms with Gasteiger partial charge in [-0.1, -0.05) is 12.2 Å². The van der Waals surface area contributed by atoms with Gasteiger partial charge in [0.15, 0.2) is 0 Å². The molecule has 1 saturated heterocycles. The largest absolute Gasteiger partial charge is 0.366 e. The highest BCUT2D eigenvalue weighted by Gasteiger charge is 2.20. The molecule has 94 valence electrons. The molecule has 5 nitrogen and oxygen atoms in total. The third-order valence-electron chi connectivity index (χ3n) is 3.02. The van der Waals surface area contributed by atoms with Crippen LogP contribution in [0.2, 0.25) is 0 Å². The first-order chi connectivity index (χ1) is 8.58. The van der Waals surface area contributed by atoms with Crippen LogP contribution in [0.15, 0.2) is 30.5 Å². The molecule has 0 aliphatic carbocycles. The molecule has 1 aliphatic heterocycles. The number of rotatable bonds is 2. The van der Waals surface area contributed by atoms with Gasteiger partial charge in [-0.05, 0) is 25.0 Å². The van der Waals surface area contributed by atoms with Crippen molar-refractivity contribution >= 4 is 11.8 Å². The van der Waals surface area contributed by atoms with Crippen LogP contribution in [0.4, 0.5) is 0 Å². The molecule has 5 heteroatoms. The van der Waals surface area contributed by atoms with Gasteiger partial charge in [0.05, 0.1) is 5.56 Å². The zero-order chi connectivity index (χ0) is 13.1. The van der Waals surface area contributed by atoms with E-state index in [2.05, 4.69) is 11.6 Å². The van der Waals surface area contributed by atoms with Crippen molar-refractivity contribution in [3.8, 4) is 0 Å². The Morgan fingerprint density at radius 1 is 1.28 bits per heavy atom. The molecule has 0 atom stereocenters. The number of aromatic nitrogens is 1. The summed E-state index contributed by atoms with van der Waals surface area (Å²) in [5.74, 6) is -0.658. The van der Waals surface area contributed by atoms with Crippen molar-refractivity contribution in [2.24, 2.45) is 5.73 Å². The summed E-state index contributed by atoms with van der Waals surface area (Å²) in [7, 11) is 0. The normalized spacial score (nSPS) is 15.6. The van der Waals surface area contributed by atoms with Gasteiger partial charge in [0, 0.05) is 19.3 Å². The molecule has 0 bridgehead atoms. The molecule has 0 aromatic carbocycles. The Labute approximate surface area is 105 Å². The minimum Gasteiger partial charge on any atom is -0.366 e. The molecule has 0 spiro atoms. The van der Waals surface area contributed by atoms with Crippen molar-refractivity contribution in [2.75, 3.05) is 13.1 Å². The van der Waals surface area contributed by atoms with Crippen LogP contribution < -0.4 is 5.73 Å². The first-order valence-electron chi connectivity index (χ1n) is 5.79. The fourth-order valence-electron chi connectivity index (χ4n) is 1.85. The molecule has 0 saturated carbocycles. The summed E-state index contributed by atoms with van der Waals surface area (Å²) in [5, 5.41) is 0. The molecule has 0 radical (unpaired) electrons. The minimum atomic E-state index is -0.546. The quantitative estimate of drug-likeness (QED) is 0.789. The Morgan fingerprint density at radius 2 is 1.94 bits per heavy atom. The Hall–Kier alpha value is -2.17. The average Bonchev–Trinajstić information content (AvgIpc) is 2.39. The van der Waals surface area contributed by atoms with E-state index in [1.807, 2.05) is 0 Å². The van der Waals surface area contributed by atoms with Gasteiger partial charge in [0.1, 0.15) is 5.69 Å². The molecule has 2 rings (SSSR count). The first-order valence-corrected chi connectivity index (χ1v) is 5.79. The molecule has 2 N–H and O–H groups in total. The highest BCUT2D eigenvalue weighted by Crippen LogP contribution is 2.15. The lowest BCUT2D eigenvalue weighted by molar-refractivity contribution is 0.0737. The number of piperidine rings is 1. The van der Waals surface area contributed by atoms with Gasteiger partial charge >= 0.3 is 0 Å². The van der Waals surface area contributed by atoms with Crippen LogP contribution in [0.5, 0.6) is 0 Å². The van der Waals surface area contributed by atoms with Crippen LogP contribution in [0.1, 0.15) is 33.7 Å². The second-order valence-corrected chi connectivity index (χ2v) is 4.34. The predicted molar refractivity (Wildman–Crippen MR) is 67.0 cm³/mol. The molecule has 18 heavy (non-hydrogen) atoms. The SMILES string of the molecule is C=C1CCN(C(=O)c2ccc(C(N)=O)cn2)CC1. The standard InChI is InChI=1S/C13H15N3O2/c1-9-4-6-16(7-5-9)13(18)11-3-2-10(8-15-11)12(14)17/h2-3,8H,1,4-7H2,(H2,14,17). The molecule has 0 unspecified atom stereocenters. The van der Waals surface area contributed by atoms with E-state index in [4.69, 9.17) is 5.73 Å². The highest BCUT2D eigenvalue weighted by atomic mass is 16.2. The van der Waals surface area contributed by atoms with Gasteiger partial charge in [0.2, 0.25) is 5.91 Å². The molecule has 1 aliphatic rings. The average molecular weight is 245 g/mol. The molecular weight excluding hydrogens is 230 g/mol. The van der Waals surface area contributed by atoms with Crippen molar-refractivity contribution < 1.29 is 9.59 Å². The van der Waals surface area contributed by atoms with E-state index >= 15 is 0 Å². The molecule has 1 aromatic rings. The molecule has 2 amide bonds. The molecule has 1 aromatic heterocycles. The van der Waals surface area contributed by atoms with Gasteiger partial charge in [-0.25, -0.2) is 0 Å². The van der Waals surface area contributed by atoms with Crippen LogP contribution in [-0.2, 0) is 0 Å². The minimum absolute atomic E-state index is 0.112. The fourth-order valence-corrected chi connectivity index (χ4v) is 1.85. The number of primary amides is 1. The van der Waals surface area contributed by atoms with Crippen molar-refractivity contribution in [1.29, 1.82) is 0 Å². The van der Waals surface area contributed by atoms with Gasteiger partial charge in [-0.3, -0.25) is 14.6 Å². The molecule has 2 heterocycles. The van der Waals surface area contributed by atoms with E-state index in [-0.39, 0.29) is 5.91 Å². The Kier molecular flexibility index (Phi) is 3.41.